The van der Waals surface area contributed by atoms with Gasteiger partial charge in [0, 0.05) is 10.6 Å². The third kappa shape index (κ3) is 7.22. The third-order valence-corrected chi connectivity index (χ3v) is 4.93. The summed E-state index contributed by atoms with van der Waals surface area (Å²) in [6.07, 6.45) is 2.31. The molecule has 0 spiro atoms. The van der Waals surface area contributed by atoms with E-state index in [0.29, 0.717) is 16.3 Å². The van der Waals surface area contributed by atoms with Crippen LogP contribution in [-0.2, 0) is 10.2 Å². The van der Waals surface area contributed by atoms with Gasteiger partial charge in [-0.2, -0.15) is 5.10 Å². The van der Waals surface area contributed by atoms with E-state index < -0.39 is 5.91 Å². The summed E-state index contributed by atoms with van der Waals surface area (Å²) in [6, 6.07) is 10.7. The predicted molar refractivity (Wildman–Crippen MR) is 123 cm³/mol. The maximum Gasteiger partial charge on any atom is 0.277 e. The Hall–Kier alpha value is -2.24. The highest BCUT2D eigenvalue weighted by atomic mass is 35.5. The molecule has 0 fully saturated rings. The van der Waals surface area contributed by atoms with E-state index in [2.05, 4.69) is 45.1 Å². The van der Waals surface area contributed by atoms with Crippen molar-refractivity contribution in [2.45, 2.75) is 46.5 Å². The molecule has 2 aromatic rings. The molecular weight excluding hydrogens is 423 g/mol. The zero-order valence-corrected chi connectivity index (χ0v) is 19.4. The van der Waals surface area contributed by atoms with Gasteiger partial charge in [0.05, 0.1) is 11.2 Å². The monoisotopic (exact) mass is 450 g/mol. The van der Waals surface area contributed by atoms with Crippen LogP contribution in [0.2, 0.25) is 10.0 Å². The first kappa shape index (κ1) is 24.0. The molecule has 2 N–H and O–H groups in total. The van der Waals surface area contributed by atoms with Crippen LogP contribution in [0.25, 0.3) is 0 Å². The molecule has 0 aliphatic carbocycles. The van der Waals surface area contributed by atoms with Crippen molar-refractivity contribution in [3.63, 3.8) is 0 Å². The topological polar surface area (TPSA) is 70.9 Å². The van der Waals surface area contributed by atoms with Gasteiger partial charge in [0.2, 0.25) is 0 Å². The molecule has 0 radical (unpaired) electrons. The van der Waals surface area contributed by atoms with Crippen molar-refractivity contribution in [3.05, 3.63) is 57.6 Å². The molecule has 162 valence electrons. The van der Waals surface area contributed by atoms with Gasteiger partial charge in [-0.25, -0.2) is 5.43 Å². The Morgan fingerprint density at radius 2 is 1.77 bits per heavy atom. The molecule has 0 aliphatic rings. The van der Waals surface area contributed by atoms with Crippen molar-refractivity contribution in [3.8, 4) is 11.5 Å². The summed E-state index contributed by atoms with van der Waals surface area (Å²) in [5, 5.41) is 14.1. The molecule has 0 atom stereocenters. The van der Waals surface area contributed by atoms with E-state index in [1.54, 1.807) is 0 Å². The van der Waals surface area contributed by atoms with Crippen LogP contribution in [0.5, 0.6) is 11.5 Å². The molecule has 2 rings (SSSR count). The van der Waals surface area contributed by atoms with Crippen LogP contribution >= 0.6 is 23.2 Å². The number of hydrazone groups is 1. The lowest BCUT2D eigenvalue weighted by Gasteiger charge is -2.33. The number of aromatic hydroxyl groups is 1. The lowest BCUT2D eigenvalue weighted by atomic mass is 9.72. The Kier molecular flexibility index (Phi) is 7.78. The van der Waals surface area contributed by atoms with E-state index >= 15 is 0 Å². The standard InChI is InChI=1S/C23H28Cl2N2O3/c1-22(2,3)14-23(4,5)16-6-8-18(9-7-16)30-13-20(28)27-26-12-15-10-17(24)11-19(25)21(15)29/h6-12,29H,13-14H2,1-5H3,(H,27,28)/b26-12-. The number of phenolic OH excluding ortho intramolecular Hbond substituents is 1. The van der Waals surface area contributed by atoms with Gasteiger partial charge < -0.3 is 9.84 Å². The van der Waals surface area contributed by atoms with Gasteiger partial charge in [-0.15, -0.1) is 0 Å². The van der Waals surface area contributed by atoms with Gasteiger partial charge in [0.15, 0.2) is 6.61 Å². The second-order valence-corrected chi connectivity index (χ2v) is 9.90. The number of nitrogens with one attached hydrogen (secondary N) is 1. The smallest absolute Gasteiger partial charge is 0.277 e. The van der Waals surface area contributed by atoms with Crippen molar-refractivity contribution in [2.24, 2.45) is 10.5 Å². The van der Waals surface area contributed by atoms with Crippen LogP contribution in [0.1, 0.15) is 52.2 Å². The predicted octanol–water partition coefficient (Wildman–Crippen LogP) is 5.94. The Labute approximate surface area is 188 Å². The number of phenols is 1. The lowest BCUT2D eigenvalue weighted by molar-refractivity contribution is -0.123. The number of carbonyl (C=O) groups is 1. The highest BCUT2D eigenvalue weighted by Gasteiger charge is 2.27. The van der Waals surface area contributed by atoms with Gasteiger partial charge in [-0.1, -0.05) is 70.0 Å². The summed E-state index contributed by atoms with van der Waals surface area (Å²) in [5.41, 5.74) is 4.12. The van der Waals surface area contributed by atoms with E-state index in [1.807, 2.05) is 24.3 Å². The SMILES string of the molecule is CC(C)(C)CC(C)(C)c1ccc(OCC(=O)N/N=C\c2cc(Cl)cc(Cl)c2O)cc1. The number of rotatable bonds is 7. The van der Waals surface area contributed by atoms with Gasteiger partial charge in [0.25, 0.3) is 5.91 Å². The van der Waals surface area contributed by atoms with Crippen molar-refractivity contribution in [2.75, 3.05) is 6.61 Å². The molecule has 2 aromatic carbocycles. The minimum absolute atomic E-state index is 0.0393. The van der Waals surface area contributed by atoms with Gasteiger partial charge in [-0.3, -0.25) is 4.79 Å². The molecule has 0 bridgehead atoms. The van der Waals surface area contributed by atoms with Crippen LogP contribution in [0.15, 0.2) is 41.5 Å². The zero-order valence-electron chi connectivity index (χ0n) is 17.9. The average Bonchev–Trinajstić information content (AvgIpc) is 2.62. The third-order valence-electron chi connectivity index (χ3n) is 4.43. The second-order valence-electron chi connectivity index (χ2n) is 9.05. The van der Waals surface area contributed by atoms with Gasteiger partial charge in [-0.05, 0) is 47.1 Å². The van der Waals surface area contributed by atoms with E-state index in [4.69, 9.17) is 27.9 Å². The number of hydrogen-bond acceptors (Lipinski definition) is 4. The maximum absolute atomic E-state index is 11.9. The molecule has 7 heteroatoms. The average molecular weight is 451 g/mol. The molecule has 0 aromatic heterocycles. The molecule has 0 saturated carbocycles. The number of benzene rings is 2. The van der Waals surface area contributed by atoms with E-state index in [-0.39, 0.29) is 28.2 Å². The Balaban J connectivity index is 1.89. The summed E-state index contributed by atoms with van der Waals surface area (Å²) in [6.45, 7) is 11.0. The molecule has 5 nitrogen and oxygen atoms in total. The molecule has 0 unspecified atom stereocenters. The van der Waals surface area contributed by atoms with Gasteiger partial charge in [0.1, 0.15) is 11.5 Å². The first-order valence-corrected chi connectivity index (χ1v) is 10.4. The summed E-state index contributed by atoms with van der Waals surface area (Å²) < 4.78 is 5.52. The quantitative estimate of drug-likeness (QED) is 0.404. The molecule has 0 heterocycles. The maximum atomic E-state index is 11.9. The first-order chi connectivity index (χ1) is 13.9. The number of carbonyl (C=O) groups excluding carboxylic acids is 1. The minimum atomic E-state index is -0.434. The van der Waals surface area contributed by atoms with E-state index in [0.717, 1.165) is 6.42 Å². The zero-order chi connectivity index (χ0) is 22.5. The number of hydrogen-bond donors (Lipinski definition) is 2. The fourth-order valence-electron chi connectivity index (χ4n) is 3.47. The van der Waals surface area contributed by atoms with Crippen LogP contribution < -0.4 is 10.2 Å². The number of halogens is 2. The Morgan fingerprint density at radius 1 is 1.13 bits per heavy atom. The first-order valence-electron chi connectivity index (χ1n) is 9.61. The lowest BCUT2D eigenvalue weighted by Crippen LogP contribution is -2.25. The van der Waals surface area contributed by atoms with Gasteiger partial charge >= 0.3 is 0 Å². The highest BCUT2D eigenvalue weighted by molar-refractivity contribution is 6.36. The number of amides is 1. The fraction of sp³-hybridized carbons (Fsp3) is 0.391. The number of nitrogens with zero attached hydrogens (tertiary/aromatic N) is 1. The normalized spacial score (nSPS) is 12.2. The Morgan fingerprint density at radius 3 is 2.37 bits per heavy atom. The minimum Gasteiger partial charge on any atom is -0.506 e. The molecule has 0 saturated heterocycles. The van der Waals surface area contributed by atoms with Crippen LogP contribution in [0.4, 0.5) is 0 Å². The van der Waals surface area contributed by atoms with Crippen molar-refractivity contribution in [1.29, 1.82) is 0 Å². The summed E-state index contributed by atoms with van der Waals surface area (Å²) in [4.78, 5) is 11.9. The summed E-state index contributed by atoms with van der Waals surface area (Å²) in [7, 11) is 0. The molecule has 30 heavy (non-hydrogen) atoms. The second kappa shape index (κ2) is 9.71. The van der Waals surface area contributed by atoms with Crippen molar-refractivity contribution < 1.29 is 14.6 Å². The summed E-state index contributed by atoms with van der Waals surface area (Å²) in [5.74, 6) is 0.00417. The Bertz CT molecular complexity index is 917. The van der Waals surface area contributed by atoms with E-state index in [1.165, 1.54) is 23.9 Å². The molecule has 0 aliphatic heterocycles. The number of ether oxygens (including phenoxy) is 1. The van der Waals surface area contributed by atoms with Crippen LogP contribution in [-0.4, -0.2) is 23.8 Å². The molecule has 1 amide bonds. The van der Waals surface area contributed by atoms with E-state index in [9.17, 15) is 9.90 Å². The molecular formula is C23H28Cl2N2O3. The van der Waals surface area contributed by atoms with Crippen molar-refractivity contribution >= 4 is 35.3 Å². The fourth-order valence-corrected chi connectivity index (χ4v) is 3.98. The van der Waals surface area contributed by atoms with Crippen LogP contribution in [0, 0.1) is 5.41 Å². The van der Waals surface area contributed by atoms with Crippen molar-refractivity contribution in [1.82, 2.24) is 5.43 Å². The van der Waals surface area contributed by atoms with Crippen LogP contribution in [0.3, 0.4) is 0 Å². The largest absolute Gasteiger partial charge is 0.506 e. The highest BCUT2D eigenvalue weighted by Crippen LogP contribution is 2.36. The summed E-state index contributed by atoms with van der Waals surface area (Å²) >= 11 is 11.7.